The number of aromatic amines is 1. The van der Waals surface area contributed by atoms with Gasteiger partial charge in [0.25, 0.3) is 5.91 Å². The summed E-state index contributed by atoms with van der Waals surface area (Å²) in [5.74, 6) is -0.238. The van der Waals surface area contributed by atoms with E-state index in [9.17, 15) is 9.59 Å². The Labute approximate surface area is 165 Å². The molecule has 0 saturated carbocycles. The van der Waals surface area contributed by atoms with Gasteiger partial charge in [-0.1, -0.05) is 12.1 Å². The van der Waals surface area contributed by atoms with Gasteiger partial charge in [-0.25, -0.2) is 0 Å². The molecule has 1 aromatic carbocycles. The topological polar surface area (TPSA) is 91.2 Å². The quantitative estimate of drug-likeness (QED) is 0.670. The van der Waals surface area contributed by atoms with E-state index in [2.05, 4.69) is 21.3 Å². The highest BCUT2D eigenvalue weighted by atomic mass is 16.2. The number of hydrogen-bond acceptors (Lipinski definition) is 3. The van der Waals surface area contributed by atoms with E-state index in [-0.39, 0.29) is 17.7 Å². The zero-order valence-corrected chi connectivity index (χ0v) is 16.4. The molecule has 28 heavy (non-hydrogen) atoms. The SMILES string of the molecule is NC(=O)C1CCCN(CCCNC(=O)c2cccc3c4c([nH]c23)CCCC4)C1. The lowest BCUT2D eigenvalue weighted by Gasteiger charge is -2.31. The van der Waals surface area contributed by atoms with Crippen molar-refractivity contribution in [3.05, 3.63) is 35.0 Å². The van der Waals surface area contributed by atoms with E-state index in [4.69, 9.17) is 5.73 Å². The van der Waals surface area contributed by atoms with Gasteiger partial charge >= 0.3 is 0 Å². The Balaban J connectivity index is 1.33. The summed E-state index contributed by atoms with van der Waals surface area (Å²) >= 11 is 0. The summed E-state index contributed by atoms with van der Waals surface area (Å²) < 4.78 is 0. The van der Waals surface area contributed by atoms with Crippen molar-refractivity contribution in [3.63, 3.8) is 0 Å². The van der Waals surface area contributed by atoms with Crippen LogP contribution in [0.15, 0.2) is 18.2 Å². The molecular formula is C22H30N4O2. The van der Waals surface area contributed by atoms with E-state index in [1.54, 1.807) is 0 Å². The molecule has 1 unspecified atom stereocenters. The predicted molar refractivity (Wildman–Crippen MR) is 110 cm³/mol. The molecule has 2 heterocycles. The molecule has 150 valence electrons. The minimum atomic E-state index is -0.195. The van der Waals surface area contributed by atoms with Crippen LogP contribution in [0, 0.1) is 5.92 Å². The average molecular weight is 383 g/mol. The number of nitrogens with one attached hydrogen (secondary N) is 2. The van der Waals surface area contributed by atoms with Gasteiger partial charge in [0.2, 0.25) is 5.91 Å². The number of benzene rings is 1. The molecule has 4 rings (SSSR count). The predicted octanol–water partition coefficient (Wildman–Crippen LogP) is 2.36. The first-order valence-electron chi connectivity index (χ1n) is 10.6. The Kier molecular flexibility index (Phi) is 5.67. The molecule has 2 aromatic rings. The van der Waals surface area contributed by atoms with Crippen molar-refractivity contribution >= 4 is 22.7 Å². The number of para-hydroxylation sites is 1. The van der Waals surface area contributed by atoms with Crippen LogP contribution in [-0.4, -0.2) is 47.9 Å². The smallest absolute Gasteiger partial charge is 0.253 e. The summed E-state index contributed by atoms with van der Waals surface area (Å²) in [6.45, 7) is 3.26. The molecular weight excluding hydrogens is 352 g/mol. The summed E-state index contributed by atoms with van der Waals surface area (Å²) in [6, 6.07) is 6.01. The monoisotopic (exact) mass is 382 g/mol. The summed E-state index contributed by atoms with van der Waals surface area (Å²) in [7, 11) is 0. The zero-order chi connectivity index (χ0) is 19.5. The highest BCUT2D eigenvalue weighted by Gasteiger charge is 2.23. The number of nitrogens with two attached hydrogens (primary N) is 1. The van der Waals surface area contributed by atoms with Gasteiger partial charge < -0.3 is 20.9 Å². The second-order valence-corrected chi connectivity index (χ2v) is 8.17. The third kappa shape index (κ3) is 3.92. The Bertz CT molecular complexity index is 873. The average Bonchev–Trinajstić information content (AvgIpc) is 3.10. The van der Waals surface area contributed by atoms with E-state index in [0.29, 0.717) is 6.54 Å². The Hall–Kier alpha value is -2.34. The van der Waals surface area contributed by atoms with Crippen LogP contribution in [0.2, 0.25) is 0 Å². The van der Waals surface area contributed by atoms with Crippen molar-refractivity contribution < 1.29 is 9.59 Å². The minimum Gasteiger partial charge on any atom is -0.369 e. The van der Waals surface area contributed by atoms with Crippen LogP contribution in [0.5, 0.6) is 0 Å². The van der Waals surface area contributed by atoms with E-state index in [0.717, 1.165) is 62.8 Å². The lowest BCUT2D eigenvalue weighted by molar-refractivity contribution is -0.123. The maximum atomic E-state index is 12.8. The molecule has 1 saturated heterocycles. The molecule has 0 radical (unpaired) electrons. The first-order chi connectivity index (χ1) is 13.6. The molecule has 0 spiro atoms. The normalized spacial score (nSPS) is 20.1. The van der Waals surface area contributed by atoms with Gasteiger partial charge in [-0.3, -0.25) is 9.59 Å². The minimum absolute atomic E-state index is 0.0159. The van der Waals surface area contributed by atoms with E-state index in [1.807, 2.05) is 12.1 Å². The number of primary amides is 1. The lowest BCUT2D eigenvalue weighted by atomic mass is 9.95. The first-order valence-corrected chi connectivity index (χ1v) is 10.6. The van der Waals surface area contributed by atoms with E-state index in [1.165, 1.54) is 29.5 Å². The fraction of sp³-hybridized carbons (Fsp3) is 0.545. The molecule has 2 amide bonds. The summed E-state index contributed by atoms with van der Waals surface area (Å²) in [4.78, 5) is 29.9. The number of nitrogens with zero attached hydrogens (tertiary/aromatic N) is 1. The largest absolute Gasteiger partial charge is 0.369 e. The molecule has 2 aliphatic rings. The number of hydrogen-bond donors (Lipinski definition) is 3. The highest BCUT2D eigenvalue weighted by Crippen LogP contribution is 2.30. The van der Waals surface area contributed by atoms with Crippen LogP contribution in [0.4, 0.5) is 0 Å². The van der Waals surface area contributed by atoms with Crippen LogP contribution < -0.4 is 11.1 Å². The van der Waals surface area contributed by atoms with Crippen molar-refractivity contribution in [2.45, 2.75) is 44.9 Å². The molecule has 6 heteroatoms. The van der Waals surface area contributed by atoms with Gasteiger partial charge in [0.15, 0.2) is 0 Å². The van der Waals surface area contributed by atoms with Crippen molar-refractivity contribution in [2.75, 3.05) is 26.2 Å². The van der Waals surface area contributed by atoms with Crippen molar-refractivity contribution in [1.82, 2.24) is 15.2 Å². The maximum absolute atomic E-state index is 12.8. The highest BCUT2D eigenvalue weighted by molar-refractivity contribution is 6.06. The van der Waals surface area contributed by atoms with Crippen LogP contribution in [0.1, 0.15) is 53.7 Å². The van der Waals surface area contributed by atoms with E-state index >= 15 is 0 Å². The number of amides is 2. The molecule has 6 nitrogen and oxygen atoms in total. The number of aromatic nitrogens is 1. The second kappa shape index (κ2) is 8.35. The number of carbonyl (C=O) groups excluding carboxylic acids is 2. The Morgan fingerprint density at radius 2 is 2.07 bits per heavy atom. The maximum Gasteiger partial charge on any atom is 0.253 e. The number of aryl methyl sites for hydroxylation is 2. The zero-order valence-electron chi connectivity index (χ0n) is 16.4. The fourth-order valence-electron chi connectivity index (χ4n) is 4.71. The molecule has 0 bridgehead atoms. The Morgan fingerprint density at radius 1 is 1.21 bits per heavy atom. The number of carbonyl (C=O) groups is 2. The number of rotatable bonds is 6. The molecule has 1 aliphatic carbocycles. The van der Waals surface area contributed by atoms with Gasteiger partial charge in [-0.15, -0.1) is 0 Å². The summed E-state index contributed by atoms with van der Waals surface area (Å²) in [6.07, 6.45) is 7.40. The third-order valence-corrected chi connectivity index (χ3v) is 6.22. The number of fused-ring (bicyclic) bond motifs is 3. The first kappa shape index (κ1) is 19.0. The molecule has 1 aromatic heterocycles. The third-order valence-electron chi connectivity index (χ3n) is 6.22. The molecule has 4 N–H and O–H groups in total. The van der Waals surface area contributed by atoms with E-state index < -0.39 is 0 Å². The van der Waals surface area contributed by atoms with Crippen LogP contribution in [0.3, 0.4) is 0 Å². The molecule has 1 atom stereocenters. The number of H-pyrrole nitrogens is 1. The lowest BCUT2D eigenvalue weighted by Crippen LogP contribution is -2.42. The standard InChI is InChI=1S/C22H30N4O2/c23-21(27)15-6-4-12-26(14-15)13-5-11-24-22(28)18-9-3-8-17-16-7-1-2-10-19(16)25-20(17)18/h3,8-9,15,25H,1-2,4-7,10-14H2,(H2,23,27)(H,24,28). The van der Waals surface area contributed by atoms with Crippen LogP contribution in [0.25, 0.3) is 10.9 Å². The van der Waals surface area contributed by atoms with Gasteiger partial charge in [-0.2, -0.15) is 0 Å². The summed E-state index contributed by atoms with van der Waals surface area (Å²) in [5, 5.41) is 4.27. The van der Waals surface area contributed by atoms with Crippen molar-refractivity contribution in [3.8, 4) is 0 Å². The second-order valence-electron chi connectivity index (χ2n) is 8.17. The van der Waals surface area contributed by atoms with Gasteiger partial charge in [0.1, 0.15) is 0 Å². The van der Waals surface area contributed by atoms with Gasteiger partial charge in [0.05, 0.1) is 17.0 Å². The number of likely N-dealkylation sites (tertiary alicyclic amines) is 1. The fourth-order valence-corrected chi connectivity index (χ4v) is 4.71. The molecule has 1 aliphatic heterocycles. The summed E-state index contributed by atoms with van der Waals surface area (Å²) in [5.41, 5.74) is 9.85. The van der Waals surface area contributed by atoms with Crippen LogP contribution >= 0.6 is 0 Å². The van der Waals surface area contributed by atoms with Gasteiger partial charge in [-0.05, 0) is 69.7 Å². The van der Waals surface area contributed by atoms with Crippen molar-refractivity contribution in [2.24, 2.45) is 11.7 Å². The number of piperidine rings is 1. The molecule has 1 fully saturated rings. The van der Waals surface area contributed by atoms with Gasteiger partial charge in [0, 0.05) is 24.2 Å². The van der Waals surface area contributed by atoms with Crippen LogP contribution in [-0.2, 0) is 17.6 Å². The Morgan fingerprint density at radius 3 is 2.93 bits per heavy atom. The van der Waals surface area contributed by atoms with Crippen molar-refractivity contribution in [1.29, 1.82) is 0 Å².